The number of rotatable bonds is 8. The van der Waals surface area contributed by atoms with Gasteiger partial charge in [-0.2, -0.15) is 11.8 Å². The fourth-order valence-electron chi connectivity index (χ4n) is 1.09. The van der Waals surface area contributed by atoms with Crippen LogP contribution in [0, 0.1) is 0 Å². The van der Waals surface area contributed by atoms with E-state index in [0.717, 1.165) is 6.42 Å². The van der Waals surface area contributed by atoms with Crippen LogP contribution in [0.3, 0.4) is 0 Å². The molecule has 0 rings (SSSR count). The molecule has 7 nitrogen and oxygen atoms in total. The summed E-state index contributed by atoms with van der Waals surface area (Å²) in [5, 5.41) is 22.2. The molecular weight excluding hydrogens is 260 g/mol. The van der Waals surface area contributed by atoms with Crippen LogP contribution in [0.1, 0.15) is 19.8 Å². The summed E-state index contributed by atoms with van der Waals surface area (Å²) in [7, 11) is 0. The van der Waals surface area contributed by atoms with Crippen molar-refractivity contribution in [3.05, 3.63) is 0 Å². The molecule has 0 spiro atoms. The van der Waals surface area contributed by atoms with Crippen molar-refractivity contribution in [2.45, 2.75) is 31.1 Å². The lowest BCUT2D eigenvalue weighted by atomic mass is 10.2. The molecule has 0 saturated carbocycles. The molecule has 18 heavy (non-hydrogen) atoms. The predicted molar refractivity (Wildman–Crippen MR) is 67.8 cm³/mol. The number of urea groups is 1. The van der Waals surface area contributed by atoms with E-state index in [1.807, 2.05) is 13.2 Å². The van der Waals surface area contributed by atoms with E-state index >= 15 is 0 Å². The van der Waals surface area contributed by atoms with E-state index in [9.17, 15) is 14.4 Å². The van der Waals surface area contributed by atoms with Gasteiger partial charge in [-0.3, -0.25) is 4.79 Å². The topological polar surface area (TPSA) is 116 Å². The molecule has 0 aromatic rings. The van der Waals surface area contributed by atoms with Gasteiger partial charge in [0.15, 0.2) is 0 Å². The van der Waals surface area contributed by atoms with Gasteiger partial charge in [0.25, 0.3) is 0 Å². The number of nitrogens with one attached hydrogen (secondary N) is 2. The maximum atomic E-state index is 11.3. The van der Waals surface area contributed by atoms with Gasteiger partial charge in [0.1, 0.15) is 6.04 Å². The summed E-state index contributed by atoms with van der Waals surface area (Å²) in [6.07, 6.45) is 2.06. The predicted octanol–water partition coefficient (Wildman–Crippen LogP) is 0.355. The van der Waals surface area contributed by atoms with Gasteiger partial charge in [0.05, 0.1) is 6.42 Å². The highest BCUT2D eigenvalue weighted by atomic mass is 32.2. The Morgan fingerprint density at radius 2 is 1.89 bits per heavy atom. The number of carboxylic acids is 2. The fraction of sp³-hybridized carbons (Fsp3) is 0.700. The molecule has 0 aromatic carbocycles. The number of carbonyl (C=O) groups is 3. The molecule has 0 saturated heterocycles. The second-order valence-electron chi connectivity index (χ2n) is 3.72. The minimum absolute atomic E-state index is 0.389. The molecule has 0 heterocycles. The standard InChI is InChI=1S/C10H18N2O5S/c1-6(18-2)3-4-11-10(17)12-7(9(15)16)5-8(13)14/h6-7H,3-5H2,1-2H3,(H,13,14)(H,15,16)(H2,11,12,17)/t6?,7-/m1/s1. The molecule has 0 aliphatic rings. The summed E-state index contributed by atoms with van der Waals surface area (Å²) < 4.78 is 0. The van der Waals surface area contributed by atoms with Crippen molar-refractivity contribution < 1.29 is 24.6 Å². The van der Waals surface area contributed by atoms with E-state index in [4.69, 9.17) is 10.2 Å². The average molecular weight is 278 g/mol. The van der Waals surface area contributed by atoms with Crippen LogP contribution in [0.5, 0.6) is 0 Å². The number of hydrogen-bond acceptors (Lipinski definition) is 4. The minimum Gasteiger partial charge on any atom is -0.481 e. The van der Waals surface area contributed by atoms with E-state index in [0.29, 0.717) is 11.8 Å². The lowest BCUT2D eigenvalue weighted by Crippen LogP contribution is -2.47. The first-order valence-electron chi connectivity index (χ1n) is 5.38. The van der Waals surface area contributed by atoms with Crippen LogP contribution in [-0.4, -0.2) is 52.3 Å². The van der Waals surface area contributed by atoms with Gasteiger partial charge in [-0.25, -0.2) is 9.59 Å². The molecular formula is C10H18N2O5S. The molecule has 4 N–H and O–H groups in total. The molecule has 2 amide bonds. The normalized spacial score (nSPS) is 13.4. The first-order chi connectivity index (χ1) is 8.36. The third kappa shape index (κ3) is 7.77. The van der Waals surface area contributed by atoms with Crippen LogP contribution in [0.2, 0.25) is 0 Å². The number of carboxylic acid groups (broad SMARTS) is 2. The van der Waals surface area contributed by atoms with Crippen molar-refractivity contribution >= 4 is 29.7 Å². The summed E-state index contributed by atoms with van der Waals surface area (Å²) >= 11 is 1.66. The molecule has 0 radical (unpaired) electrons. The van der Waals surface area contributed by atoms with E-state index in [-0.39, 0.29) is 0 Å². The van der Waals surface area contributed by atoms with Crippen molar-refractivity contribution in [1.82, 2.24) is 10.6 Å². The summed E-state index contributed by atoms with van der Waals surface area (Å²) in [5.74, 6) is -2.65. The molecule has 8 heteroatoms. The van der Waals surface area contributed by atoms with Gasteiger partial charge in [-0.05, 0) is 12.7 Å². The monoisotopic (exact) mass is 278 g/mol. The first kappa shape index (κ1) is 16.6. The Morgan fingerprint density at radius 1 is 1.28 bits per heavy atom. The van der Waals surface area contributed by atoms with Gasteiger partial charge >= 0.3 is 18.0 Å². The summed E-state index contributed by atoms with van der Waals surface area (Å²) in [6, 6.07) is -2.09. The lowest BCUT2D eigenvalue weighted by molar-refractivity contribution is -0.145. The quantitative estimate of drug-likeness (QED) is 0.509. The van der Waals surface area contributed by atoms with E-state index in [1.165, 1.54) is 0 Å². The molecule has 0 aliphatic heterocycles. The minimum atomic E-state index is -1.42. The van der Waals surface area contributed by atoms with Crippen LogP contribution in [-0.2, 0) is 9.59 Å². The Hall–Kier alpha value is -1.44. The largest absolute Gasteiger partial charge is 0.481 e. The Morgan fingerprint density at radius 3 is 2.33 bits per heavy atom. The maximum Gasteiger partial charge on any atom is 0.326 e. The molecule has 0 bridgehead atoms. The van der Waals surface area contributed by atoms with Crippen molar-refractivity contribution in [2.24, 2.45) is 0 Å². The summed E-state index contributed by atoms with van der Waals surface area (Å²) in [4.78, 5) is 32.4. The van der Waals surface area contributed by atoms with Gasteiger partial charge in [-0.1, -0.05) is 6.92 Å². The van der Waals surface area contributed by atoms with Crippen molar-refractivity contribution in [3.8, 4) is 0 Å². The number of hydrogen-bond donors (Lipinski definition) is 4. The lowest BCUT2D eigenvalue weighted by Gasteiger charge is -2.14. The second-order valence-corrected chi connectivity index (χ2v) is 5.00. The Labute approximate surface area is 109 Å². The number of carbonyl (C=O) groups excluding carboxylic acids is 1. The molecule has 0 fully saturated rings. The summed E-state index contributed by atoms with van der Waals surface area (Å²) in [6.45, 7) is 2.42. The zero-order chi connectivity index (χ0) is 14.1. The number of thioether (sulfide) groups is 1. The highest BCUT2D eigenvalue weighted by Crippen LogP contribution is 2.07. The van der Waals surface area contributed by atoms with Gasteiger partial charge in [0, 0.05) is 11.8 Å². The molecule has 0 aromatic heterocycles. The third-order valence-corrected chi connectivity index (χ3v) is 3.26. The zero-order valence-corrected chi connectivity index (χ0v) is 11.1. The highest BCUT2D eigenvalue weighted by Gasteiger charge is 2.22. The van der Waals surface area contributed by atoms with E-state index in [1.54, 1.807) is 11.8 Å². The van der Waals surface area contributed by atoms with Crippen LogP contribution >= 0.6 is 11.8 Å². The highest BCUT2D eigenvalue weighted by molar-refractivity contribution is 7.99. The van der Waals surface area contributed by atoms with Gasteiger partial charge in [0.2, 0.25) is 0 Å². The SMILES string of the molecule is CSC(C)CCNC(=O)N[C@H](CC(=O)O)C(=O)O. The van der Waals surface area contributed by atoms with Crippen LogP contribution < -0.4 is 10.6 Å². The first-order valence-corrected chi connectivity index (χ1v) is 6.67. The Bertz CT molecular complexity index is 311. The van der Waals surface area contributed by atoms with Crippen LogP contribution in [0.4, 0.5) is 4.79 Å². The smallest absolute Gasteiger partial charge is 0.326 e. The zero-order valence-electron chi connectivity index (χ0n) is 10.3. The number of aliphatic carboxylic acids is 2. The van der Waals surface area contributed by atoms with Gasteiger partial charge in [-0.15, -0.1) is 0 Å². The average Bonchev–Trinajstić information content (AvgIpc) is 2.27. The van der Waals surface area contributed by atoms with E-state index < -0.39 is 30.4 Å². The third-order valence-electron chi connectivity index (χ3n) is 2.22. The van der Waals surface area contributed by atoms with E-state index in [2.05, 4.69) is 10.6 Å². The van der Waals surface area contributed by atoms with Crippen molar-refractivity contribution in [3.63, 3.8) is 0 Å². The van der Waals surface area contributed by atoms with Crippen LogP contribution in [0.15, 0.2) is 0 Å². The summed E-state index contributed by atoms with van der Waals surface area (Å²) in [5.41, 5.74) is 0. The van der Waals surface area contributed by atoms with Gasteiger partial charge < -0.3 is 20.8 Å². The Balaban J connectivity index is 4.03. The molecule has 0 aliphatic carbocycles. The molecule has 2 atom stereocenters. The van der Waals surface area contributed by atoms with Crippen molar-refractivity contribution in [1.29, 1.82) is 0 Å². The maximum absolute atomic E-state index is 11.3. The Kier molecular flexibility index (Phi) is 7.93. The second kappa shape index (κ2) is 8.62. The number of amides is 2. The molecule has 104 valence electrons. The van der Waals surface area contributed by atoms with Crippen molar-refractivity contribution in [2.75, 3.05) is 12.8 Å². The fourth-order valence-corrected chi connectivity index (χ4v) is 1.44. The van der Waals surface area contributed by atoms with Crippen LogP contribution in [0.25, 0.3) is 0 Å². The molecule has 1 unspecified atom stereocenters.